The highest BCUT2D eigenvalue weighted by molar-refractivity contribution is 6.28. The number of rotatable bonds is 10. The van der Waals surface area contributed by atoms with Crippen molar-refractivity contribution in [2.45, 2.75) is 0 Å². The smallest absolute Gasteiger partial charge is 0.233 e. The predicted octanol–water partition coefficient (Wildman–Crippen LogP) is 4.96. The summed E-state index contributed by atoms with van der Waals surface area (Å²) in [5.41, 5.74) is 5.52. The van der Waals surface area contributed by atoms with Crippen molar-refractivity contribution in [1.82, 2.24) is 23.9 Å². The van der Waals surface area contributed by atoms with Crippen molar-refractivity contribution in [2.24, 2.45) is 20.5 Å². The Morgan fingerprint density at radius 3 is 1.23 bits per heavy atom. The topological polar surface area (TPSA) is 153 Å². The van der Waals surface area contributed by atoms with E-state index < -0.39 is 0 Å². The van der Waals surface area contributed by atoms with E-state index in [4.69, 9.17) is 11.6 Å². The largest absolute Gasteiger partial charge is 1.00 e. The summed E-state index contributed by atoms with van der Waals surface area (Å²) in [4.78, 5) is 12.9. The highest BCUT2D eigenvalue weighted by atomic mass is 35.5. The van der Waals surface area contributed by atoms with Gasteiger partial charge in [-0.05, 0) is 107 Å². The predicted molar refractivity (Wildman–Crippen MR) is 223 cm³/mol. The second-order valence-corrected chi connectivity index (χ2v) is 15.0. The first-order chi connectivity index (χ1) is 26.2. The van der Waals surface area contributed by atoms with Crippen LogP contribution in [-0.4, -0.2) is 67.5 Å². The molecule has 0 radical (unpaired) electrons. The first kappa shape index (κ1) is 42.2. The number of nitrogens with zero attached hydrogens (tertiary/aromatic N) is 9. The van der Waals surface area contributed by atoms with Crippen molar-refractivity contribution < 1.29 is 35.0 Å². The molecule has 6 aromatic carbocycles. The van der Waals surface area contributed by atoms with Gasteiger partial charge in [-0.2, -0.15) is 25.2 Å². The summed E-state index contributed by atoms with van der Waals surface area (Å²) in [5.74, 6) is 0.578. The lowest BCUT2D eigenvalue weighted by atomic mass is 10.1. The van der Waals surface area contributed by atoms with Crippen LogP contribution in [0.25, 0.3) is 21.5 Å². The SMILES string of the molecule is C[N+](C)(C)c1ccc2ccc(O)c(N=Nc3ccc(Nc4nc(Cl)nc(Nc5ccc(N=Nc6c(O)ccc7ccc([N+](C)(C)C)cc67)cc5)n4)cc3)c2c1.[Cl-].[Cl-]. The van der Waals surface area contributed by atoms with Gasteiger partial charge in [0.25, 0.3) is 0 Å². The molecule has 16 heteroatoms. The fourth-order valence-corrected chi connectivity index (χ4v) is 5.92. The average molecular weight is 825 g/mol. The molecule has 0 saturated carbocycles. The Morgan fingerprint density at radius 1 is 0.491 bits per heavy atom. The molecule has 0 aliphatic carbocycles. The van der Waals surface area contributed by atoms with E-state index in [1.54, 1.807) is 36.4 Å². The van der Waals surface area contributed by atoms with Gasteiger partial charge in [-0.15, -0.1) is 10.2 Å². The molecule has 0 bridgehead atoms. The van der Waals surface area contributed by atoms with Crippen molar-refractivity contribution in [3.8, 4) is 11.5 Å². The molecule has 0 aliphatic heterocycles. The molecule has 0 fully saturated rings. The second-order valence-electron chi connectivity index (χ2n) is 14.7. The minimum absolute atomic E-state index is 0. The Bertz CT molecular complexity index is 2430. The number of azo groups is 2. The van der Waals surface area contributed by atoms with Gasteiger partial charge < -0.3 is 45.7 Å². The highest BCUT2D eigenvalue weighted by Crippen LogP contribution is 2.40. The molecule has 292 valence electrons. The number of benzene rings is 6. The molecule has 0 amide bonds. The van der Waals surface area contributed by atoms with Crippen LogP contribution in [0.3, 0.4) is 0 Å². The molecule has 0 spiro atoms. The van der Waals surface area contributed by atoms with Gasteiger partial charge in [-0.3, -0.25) is 8.97 Å². The van der Waals surface area contributed by atoms with Crippen LogP contribution >= 0.6 is 11.6 Å². The number of phenols is 2. The minimum atomic E-state index is 0. The minimum Gasteiger partial charge on any atom is -1.00 e. The van der Waals surface area contributed by atoms with Crippen LogP contribution in [0.1, 0.15) is 0 Å². The molecule has 0 atom stereocenters. The fourth-order valence-electron chi connectivity index (χ4n) is 5.76. The summed E-state index contributed by atoms with van der Waals surface area (Å²) in [6.07, 6.45) is 0. The van der Waals surface area contributed by atoms with Crippen molar-refractivity contribution in [2.75, 3.05) is 52.9 Å². The van der Waals surface area contributed by atoms with E-state index in [1.165, 1.54) is 0 Å². The van der Waals surface area contributed by atoms with E-state index in [2.05, 4.69) is 100 Å². The number of aromatic hydroxyl groups is 2. The molecule has 0 saturated heterocycles. The molecular formula is C41H40Cl3N11O2. The van der Waals surface area contributed by atoms with Crippen LogP contribution in [0, 0.1) is 0 Å². The van der Waals surface area contributed by atoms with Crippen molar-refractivity contribution in [1.29, 1.82) is 0 Å². The van der Waals surface area contributed by atoms with Crippen LogP contribution in [-0.2, 0) is 0 Å². The number of halogens is 3. The summed E-state index contributed by atoms with van der Waals surface area (Å²) in [6, 6.07) is 33.6. The van der Waals surface area contributed by atoms with Crippen LogP contribution < -0.4 is 44.4 Å². The maximum absolute atomic E-state index is 10.6. The summed E-state index contributed by atoms with van der Waals surface area (Å²) < 4.78 is 1.25. The Balaban J connectivity index is 0.00000310. The van der Waals surface area contributed by atoms with E-state index in [0.29, 0.717) is 43.1 Å². The van der Waals surface area contributed by atoms with Crippen LogP contribution in [0.2, 0.25) is 5.28 Å². The summed E-state index contributed by atoms with van der Waals surface area (Å²) in [7, 11) is 12.5. The number of fused-ring (bicyclic) bond motifs is 2. The quantitative estimate of drug-likeness (QED) is 0.112. The lowest BCUT2D eigenvalue weighted by molar-refractivity contribution is -0.001000. The van der Waals surface area contributed by atoms with Gasteiger partial charge in [0, 0.05) is 34.3 Å². The number of anilines is 4. The first-order valence-corrected chi connectivity index (χ1v) is 17.7. The summed E-state index contributed by atoms with van der Waals surface area (Å²) in [6.45, 7) is 0. The van der Waals surface area contributed by atoms with Crippen molar-refractivity contribution in [3.05, 3.63) is 114 Å². The third-order valence-corrected chi connectivity index (χ3v) is 9.01. The Labute approximate surface area is 347 Å². The molecule has 57 heavy (non-hydrogen) atoms. The van der Waals surface area contributed by atoms with Gasteiger partial charge in [0.05, 0.1) is 53.7 Å². The fraction of sp³-hybridized carbons (Fsp3) is 0.146. The van der Waals surface area contributed by atoms with Crippen LogP contribution in [0.4, 0.5) is 57.4 Å². The highest BCUT2D eigenvalue weighted by Gasteiger charge is 2.17. The number of phenolic OH excluding ortho intramolecular Hbond substituents is 2. The molecule has 7 rings (SSSR count). The van der Waals surface area contributed by atoms with Crippen molar-refractivity contribution >= 4 is 90.5 Å². The van der Waals surface area contributed by atoms with E-state index in [1.807, 2.05) is 60.7 Å². The number of nitrogens with one attached hydrogen (secondary N) is 2. The lowest BCUT2D eigenvalue weighted by Gasteiger charge is -2.23. The molecule has 13 nitrogen and oxygen atoms in total. The Morgan fingerprint density at radius 2 is 0.860 bits per heavy atom. The standard InChI is InChI=1S/C41H38ClN11O2.2ClH/c1-52(2,3)31-19-7-25-9-21-35(54)37(33(25)23-31)50-48-29-15-11-27(12-16-29)43-40-45-39(42)46-41(47-40)44-28-13-17-30(18-14-28)49-51-38-34-24-32(53(4,5)6)20-8-26(34)10-22-36(38)55;;/h7-24H,1-6H3,(H2-2,43,44,45,46,47,48,49,50,51,54,55);2*1H. The van der Waals surface area contributed by atoms with Gasteiger partial charge in [0.15, 0.2) is 0 Å². The number of quaternary nitrogens is 2. The average Bonchev–Trinajstić information content (AvgIpc) is 3.14. The number of hydrogen-bond acceptors (Lipinski definition) is 11. The molecular weight excluding hydrogens is 785 g/mol. The molecule has 7 aromatic rings. The second kappa shape index (κ2) is 17.0. The van der Waals surface area contributed by atoms with Gasteiger partial charge in [0.2, 0.25) is 17.2 Å². The molecule has 1 heterocycles. The van der Waals surface area contributed by atoms with Crippen molar-refractivity contribution in [3.63, 3.8) is 0 Å². The first-order valence-electron chi connectivity index (χ1n) is 17.3. The van der Waals surface area contributed by atoms with Crippen LogP contribution in [0.15, 0.2) is 130 Å². The molecule has 1 aromatic heterocycles. The summed E-state index contributed by atoms with van der Waals surface area (Å²) in [5, 5.41) is 48.8. The zero-order chi connectivity index (χ0) is 38.9. The zero-order valence-electron chi connectivity index (χ0n) is 31.9. The van der Waals surface area contributed by atoms with Gasteiger partial charge in [-0.1, -0.05) is 12.1 Å². The maximum atomic E-state index is 10.6. The van der Waals surface area contributed by atoms with E-state index >= 15 is 0 Å². The van der Waals surface area contributed by atoms with Gasteiger partial charge >= 0.3 is 0 Å². The Hall–Kier alpha value is -5.96. The molecule has 0 aliphatic rings. The van der Waals surface area contributed by atoms with Crippen LogP contribution in [0.5, 0.6) is 11.5 Å². The third kappa shape index (κ3) is 9.89. The third-order valence-electron chi connectivity index (χ3n) is 8.85. The molecule has 0 unspecified atom stereocenters. The number of aromatic nitrogens is 3. The van der Waals surface area contributed by atoms with E-state index in [9.17, 15) is 10.2 Å². The maximum Gasteiger partial charge on any atom is 0.233 e. The van der Waals surface area contributed by atoms with E-state index in [-0.39, 0.29) is 53.5 Å². The van der Waals surface area contributed by atoms with E-state index in [0.717, 1.165) is 32.9 Å². The molecule has 4 N–H and O–H groups in total. The Kier molecular flexibility index (Phi) is 12.6. The van der Waals surface area contributed by atoms with Gasteiger partial charge in [-0.25, -0.2) is 0 Å². The number of hydrogen-bond donors (Lipinski definition) is 4. The summed E-state index contributed by atoms with van der Waals surface area (Å²) >= 11 is 6.27. The monoisotopic (exact) mass is 823 g/mol. The normalized spacial score (nSPS) is 11.8. The zero-order valence-corrected chi connectivity index (χ0v) is 34.2. The lowest BCUT2D eigenvalue weighted by Crippen LogP contribution is -3.00. The van der Waals surface area contributed by atoms with Gasteiger partial charge in [0.1, 0.15) is 34.2 Å².